The van der Waals surface area contributed by atoms with Gasteiger partial charge < -0.3 is 10.2 Å². The maximum Gasteiger partial charge on any atom is 0.0595 e. The number of piperidine rings is 1. The highest BCUT2D eigenvalue weighted by Gasteiger charge is 2.67. The molecule has 2 nitrogen and oxygen atoms in total. The molecule has 1 aromatic rings. The molecule has 1 heterocycles. The monoisotopic (exact) mass is 284 g/mol. The third-order valence-corrected chi connectivity index (χ3v) is 5.24. The van der Waals surface area contributed by atoms with Crippen molar-refractivity contribution >= 4 is 23.2 Å². The van der Waals surface area contributed by atoms with Crippen LogP contribution in [0.5, 0.6) is 0 Å². The summed E-state index contributed by atoms with van der Waals surface area (Å²) in [6.07, 6.45) is 0. The summed E-state index contributed by atoms with van der Waals surface area (Å²) in [5.41, 5.74) is 1.64. The zero-order chi connectivity index (χ0) is 12.9. The molecule has 0 aromatic heterocycles. The van der Waals surface area contributed by atoms with Crippen molar-refractivity contribution in [3.63, 3.8) is 0 Å². The normalized spacial score (nSPS) is 33.8. The Morgan fingerprint density at radius 2 is 2.11 bits per heavy atom. The van der Waals surface area contributed by atoms with E-state index in [1.165, 1.54) is 5.56 Å². The van der Waals surface area contributed by atoms with Crippen LogP contribution in [0.15, 0.2) is 18.2 Å². The molecule has 1 aliphatic heterocycles. The molecular formula is C14H18Cl2N2. The molecule has 1 aliphatic carbocycles. The first-order chi connectivity index (χ1) is 8.55. The predicted octanol–water partition coefficient (Wildman–Crippen LogP) is 2.64. The van der Waals surface area contributed by atoms with Crippen molar-refractivity contribution in [1.29, 1.82) is 0 Å². The van der Waals surface area contributed by atoms with E-state index in [9.17, 15) is 0 Å². The molecule has 0 unspecified atom stereocenters. The summed E-state index contributed by atoms with van der Waals surface area (Å²) >= 11 is 12.2. The van der Waals surface area contributed by atoms with Crippen LogP contribution in [0, 0.1) is 11.8 Å². The van der Waals surface area contributed by atoms with E-state index in [0.29, 0.717) is 15.5 Å². The van der Waals surface area contributed by atoms with Gasteiger partial charge in [0, 0.05) is 18.5 Å². The quantitative estimate of drug-likeness (QED) is 0.918. The summed E-state index contributed by atoms with van der Waals surface area (Å²) in [4.78, 5) is 2.28. The van der Waals surface area contributed by atoms with Crippen molar-refractivity contribution in [2.45, 2.75) is 5.41 Å². The zero-order valence-electron chi connectivity index (χ0n) is 10.7. The molecule has 4 heteroatoms. The smallest absolute Gasteiger partial charge is 0.0595 e. The molecule has 3 atom stereocenters. The number of benzene rings is 1. The molecule has 1 aromatic carbocycles. The van der Waals surface area contributed by atoms with Crippen LogP contribution < -0.4 is 5.32 Å². The van der Waals surface area contributed by atoms with Crippen molar-refractivity contribution in [2.24, 2.45) is 11.8 Å². The molecular weight excluding hydrogens is 267 g/mol. The Kier molecular flexibility index (Phi) is 3.10. The third kappa shape index (κ3) is 1.78. The lowest BCUT2D eigenvalue weighted by Crippen LogP contribution is -2.28. The number of halogens is 2. The highest BCUT2D eigenvalue weighted by molar-refractivity contribution is 6.42. The molecule has 0 spiro atoms. The third-order valence-electron chi connectivity index (χ3n) is 4.50. The van der Waals surface area contributed by atoms with Crippen molar-refractivity contribution in [1.82, 2.24) is 10.2 Å². The maximum absolute atomic E-state index is 6.16. The van der Waals surface area contributed by atoms with Gasteiger partial charge in [0.25, 0.3) is 0 Å². The molecule has 1 saturated heterocycles. The van der Waals surface area contributed by atoms with Crippen molar-refractivity contribution < 1.29 is 0 Å². The molecule has 98 valence electrons. The minimum absolute atomic E-state index is 0.290. The summed E-state index contributed by atoms with van der Waals surface area (Å²) in [6.45, 7) is 3.33. The van der Waals surface area contributed by atoms with Gasteiger partial charge in [0.15, 0.2) is 0 Å². The number of hydrogen-bond donors (Lipinski definition) is 1. The molecule has 1 saturated carbocycles. The first-order valence-corrected chi connectivity index (χ1v) is 7.12. The van der Waals surface area contributed by atoms with Gasteiger partial charge in [-0.1, -0.05) is 29.3 Å². The van der Waals surface area contributed by atoms with Gasteiger partial charge in [-0.25, -0.2) is 0 Å². The topological polar surface area (TPSA) is 15.3 Å². The minimum Gasteiger partial charge on any atom is -0.316 e. The first-order valence-electron chi connectivity index (χ1n) is 6.36. The van der Waals surface area contributed by atoms with Crippen LogP contribution >= 0.6 is 23.2 Å². The average molecular weight is 285 g/mol. The van der Waals surface area contributed by atoms with Crippen LogP contribution in [-0.2, 0) is 5.41 Å². The second-order valence-corrected chi connectivity index (χ2v) is 6.59. The number of hydrogen-bond acceptors (Lipinski definition) is 2. The summed E-state index contributed by atoms with van der Waals surface area (Å²) in [6, 6.07) is 6.12. The molecule has 1 N–H and O–H groups in total. The average Bonchev–Trinajstić information content (AvgIpc) is 2.72. The second-order valence-electron chi connectivity index (χ2n) is 5.78. The summed E-state index contributed by atoms with van der Waals surface area (Å²) in [7, 11) is 4.29. The fourth-order valence-corrected chi connectivity index (χ4v) is 3.92. The second kappa shape index (κ2) is 4.38. The Balaban J connectivity index is 1.92. The summed E-state index contributed by atoms with van der Waals surface area (Å²) in [5.74, 6) is 1.49. The van der Waals surface area contributed by atoms with Crippen LogP contribution in [-0.4, -0.2) is 38.6 Å². The Morgan fingerprint density at radius 3 is 2.78 bits per heavy atom. The van der Waals surface area contributed by atoms with E-state index < -0.39 is 0 Å². The molecule has 18 heavy (non-hydrogen) atoms. The largest absolute Gasteiger partial charge is 0.316 e. The zero-order valence-corrected chi connectivity index (χ0v) is 12.2. The number of fused-ring (bicyclic) bond motifs is 1. The van der Waals surface area contributed by atoms with Crippen LogP contribution in [0.2, 0.25) is 10.0 Å². The van der Waals surface area contributed by atoms with Crippen LogP contribution in [0.1, 0.15) is 5.56 Å². The standard InChI is InChI=1S/C14H18Cl2N2/c1-18(2)7-11-10-6-17-8-14(10,11)9-3-4-12(15)13(16)5-9/h3-5,10-11,17H,6-8H2,1-2H3/t10-,11-,14+/m0/s1. The van der Waals surface area contributed by atoms with Gasteiger partial charge >= 0.3 is 0 Å². The molecule has 0 radical (unpaired) electrons. The minimum atomic E-state index is 0.290. The summed E-state index contributed by atoms with van der Waals surface area (Å²) < 4.78 is 0. The Labute approximate surface area is 118 Å². The van der Waals surface area contributed by atoms with E-state index in [4.69, 9.17) is 23.2 Å². The molecule has 3 rings (SSSR count). The van der Waals surface area contributed by atoms with Gasteiger partial charge in [0.1, 0.15) is 0 Å². The fourth-order valence-electron chi connectivity index (χ4n) is 3.63. The van der Waals surface area contributed by atoms with Crippen LogP contribution in [0.4, 0.5) is 0 Å². The van der Waals surface area contributed by atoms with Gasteiger partial charge in [-0.05, 0) is 50.2 Å². The number of nitrogens with zero attached hydrogens (tertiary/aromatic N) is 1. The SMILES string of the molecule is CN(C)C[C@H]1[C@@H]2CNC[C@@]21c1ccc(Cl)c(Cl)c1. The van der Waals surface area contributed by atoms with E-state index in [1.807, 2.05) is 6.07 Å². The summed E-state index contributed by atoms with van der Waals surface area (Å²) in [5, 5.41) is 4.82. The van der Waals surface area contributed by atoms with Crippen LogP contribution in [0.3, 0.4) is 0 Å². The number of rotatable bonds is 3. The lowest BCUT2D eigenvalue weighted by atomic mass is 9.93. The molecule has 0 bridgehead atoms. The van der Waals surface area contributed by atoms with Crippen molar-refractivity contribution in [3.05, 3.63) is 33.8 Å². The van der Waals surface area contributed by atoms with Gasteiger partial charge in [-0.2, -0.15) is 0 Å². The van der Waals surface area contributed by atoms with E-state index >= 15 is 0 Å². The highest BCUT2D eigenvalue weighted by atomic mass is 35.5. The lowest BCUT2D eigenvalue weighted by Gasteiger charge is -2.19. The Morgan fingerprint density at radius 1 is 1.33 bits per heavy atom. The number of nitrogens with one attached hydrogen (secondary N) is 1. The maximum atomic E-state index is 6.16. The van der Waals surface area contributed by atoms with Crippen molar-refractivity contribution in [3.8, 4) is 0 Å². The van der Waals surface area contributed by atoms with Gasteiger partial charge in [-0.15, -0.1) is 0 Å². The Bertz CT molecular complexity index is 475. The van der Waals surface area contributed by atoms with Crippen molar-refractivity contribution in [2.75, 3.05) is 33.7 Å². The fraction of sp³-hybridized carbons (Fsp3) is 0.571. The molecule has 0 amide bonds. The predicted molar refractivity (Wildman–Crippen MR) is 76.5 cm³/mol. The Hall–Kier alpha value is -0.280. The van der Waals surface area contributed by atoms with E-state index in [2.05, 4.69) is 36.4 Å². The van der Waals surface area contributed by atoms with Gasteiger partial charge in [0.05, 0.1) is 10.0 Å². The highest BCUT2D eigenvalue weighted by Crippen LogP contribution is 2.62. The molecule has 2 fully saturated rings. The van der Waals surface area contributed by atoms with Crippen LogP contribution in [0.25, 0.3) is 0 Å². The van der Waals surface area contributed by atoms with Gasteiger partial charge in [-0.3, -0.25) is 0 Å². The first kappa shape index (κ1) is 12.7. The van der Waals surface area contributed by atoms with E-state index in [1.54, 1.807) is 0 Å². The van der Waals surface area contributed by atoms with E-state index in [-0.39, 0.29) is 0 Å². The molecule has 2 aliphatic rings. The van der Waals surface area contributed by atoms with E-state index in [0.717, 1.165) is 31.5 Å². The van der Waals surface area contributed by atoms with Gasteiger partial charge in [0.2, 0.25) is 0 Å². The lowest BCUT2D eigenvalue weighted by molar-refractivity contribution is 0.355.